The maximum atomic E-state index is 11.7. The zero-order valence-corrected chi connectivity index (χ0v) is 10.8. The zero-order valence-electron chi connectivity index (χ0n) is 9.21. The zero-order chi connectivity index (χ0) is 12.1. The minimum absolute atomic E-state index is 0.330. The summed E-state index contributed by atoms with van der Waals surface area (Å²) in [6.45, 7) is 3.94. The molecule has 0 heterocycles. The molecule has 0 radical (unpaired) electrons. The molecule has 0 saturated carbocycles. The molecule has 0 aliphatic heterocycles. The highest BCUT2D eigenvalue weighted by molar-refractivity contribution is 9.08. The van der Waals surface area contributed by atoms with Crippen molar-refractivity contribution in [1.29, 1.82) is 5.26 Å². The van der Waals surface area contributed by atoms with Crippen molar-refractivity contribution < 1.29 is 9.53 Å². The van der Waals surface area contributed by atoms with E-state index in [1.54, 1.807) is 19.1 Å². The van der Waals surface area contributed by atoms with Crippen molar-refractivity contribution in [2.75, 3.05) is 6.61 Å². The molecule has 1 rings (SSSR count). The highest BCUT2D eigenvalue weighted by atomic mass is 79.9. The first kappa shape index (κ1) is 12.7. The number of alkyl halides is 1. The number of ether oxygens (including phenoxy) is 1. The van der Waals surface area contributed by atoms with Gasteiger partial charge in [0.15, 0.2) is 0 Å². The summed E-state index contributed by atoms with van der Waals surface area (Å²) in [5.41, 5.74) is 2.55. The van der Waals surface area contributed by atoms with Crippen LogP contribution in [0, 0.1) is 18.3 Å². The Hall–Kier alpha value is -1.34. The summed E-state index contributed by atoms with van der Waals surface area (Å²) in [7, 11) is 0. The molecule has 0 atom stereocenters. The molecule has 0 fully saturated rings. The van der Waals surface area contributed by atoms with E-state index in [1.165, 1.54) is 0 Å². The quantitative estimate of drug-likeness (QED) is 0.632. The van der Waals surface area contributed by atoms with Crippen molar-refractivity contribution in [3.8, 4) is 6.07 Å². The van der Waals surface area contributed by atoms with Gasteiger partial charge in [-0.3, -0.25) is 0 Å². The fourth-order valence-electron chi connectivity index (χ4n) is 1.45. The predicted molar refractivity (Wildman–Crippen MR) is 64.5 cm³/mol. The van der Waals surface area contributed by atoms with E-state index in [4.69, 9.17) is 10.00 Å². The van der Waals surface area contributed by atoms with Gasteiger partial charge in [-0.1, -0.05) is 15.9 Å². The van der Waals surface area contributed by atoms with Crippen LogP contribution < -0.4 is 0 Å². The monoisotopic (exact) mass is 281 g/mol. The lowest BCUT2D eigenvalue weighted by Gasteiger charge is -2.09. The molecular formula is C12H12BrNO2. The van der Waals surface area contributed by atoms with Crippen LogP contribution in [-0.2, 0) is 10.1 Å². The Kier molecular flexibility index (Phi) is 4.51. The van der Waals surface area contributed by atoms with Crippen LogP contribution >= 0.6 is 15.9 Å². The summed E-state index contributed by atoms with van der Waals surface area (Å²) in [4.78, 5) is 11.7. The van der Waals surface area contributed by atoms with E-state index in [-0.39, 0.29) is 5.97 Å². The molecule has 4 heteroatoms. The topological polar surface area (TPSA) is 50.1 Å². The Labute approximate surface area is 103 Å². The third kappa shape index (κ3) is 2.61. The lowest BCUT2D eigenvalue weighted by molar-refractivity contribution is 0.0525. The summed E-state index contributed by atoms with van der Waals surface area (Å²) in [5.74, 6) is -0.378. The molecule has 1 aromatic rings. The summed E-state index contributed by atoms with van der Waals surface area (Å²) >= 11 is 3.29. The number of hydrogen-bond acceptors (Lipinski definition) is 3. The second-order valence-corrected chi connectivity index (χ2v) is 3.87. The number of hydrogen-bond donors (Lipinski definition) is 0. The summed E-state index contributed by atoms with van der Waals surface area (Å²) in [5, 5.41) is 9.45. The van der Waals surface area contributed by atoms with Crippen molar-refractivity contribution in [3.05, 3.63) is 34.4 Å². The molecule has 0 aromatic heterocycles. The Morgan fingerprint density at radius 3 is 2.75 bits per heavy atom. The van der Waals surface area contributed by atoms with Crippen molar-refractivity contribution >= 4 is 21.9 Å². The van der Waals surface area contributed by atoms with Crippen LogP contribution in [0.25, 0.3) is 0 Å². The number of carbonyl (C=O) groups excluding carboxylic acids is 1. The third-order valence-corrected chi connectivity index (χ3v) is 2.70. The van der Waals surface area contributed by atoms with Crippen LogP contribution in [0.4, 0.5) is 0 Å². The Balaban J connectivity index is 3.32. The number of halogens is 1. The number of nitrogens with zero attached hydrogens (tertiary/aromatic N) is 1. The first-order valence-corrected chi connectivity index (χ1v) is 6.02. The molecule has 3 nitrogen and oxygen atoms in total. The van der Waals surface area contributed by atoms with Gasteiger partial charge in [0.1, 0.15) is 0 Å². The maximum absolute atomic E-state index is 11.7. The van der Waals surface area contributed by atoms with Gasteiger partial charge in [-0.15, -0.1) is 0 Å². The fourth-order valence-corrected chi connectivity index (χ4v) is 2.06. The molecule has 0 spiro atoms. The Morgan fingerprint density at radius 1 is 1.56 bits per heavy atom. The van der Waals surface area contributed by atoms with Crippen LogP contribution in [0.2, 0.25) is 0 Å². The predicted octanol–water partition coefficient (Wildman–Crippen LogP) is 2.94. The second-order valence-electron chi connectivity index (χ2n) is 3.30. The molecule has 0 N–H and O–H groups in total. The van der Waals surface area contributed by atoms with Crippen molar-refractivity contribution in [1.82, 2.24) is 0 Å². The Morgan fingerprint density at radius 2 is 2.25 bits per heavy atom. The van der Waals surface area contributed by atoms with E-state index in [0.717, 1.165) is 5.56 Å². The van der Waals surface area contributed by atoms with Crippen molar-refractivity contribution in [2.45, 2.75) is 19.2 Å². The van der Waals surface area contributed by atoms with E-state index in [2.05, 4.69) is 22.0 Å². The van der Waals surface area contributed by atoms with Crippen molar-refractivity contribution in [3.63, 3.8) is 0 Å². The van der Waals surface area contributed by atoms with Gasteiger partial charge in [-0.05, 0) is 37.1 Å². The summed E-state index contributed by atoms with van der Waals surface area (Å²) < 4.78 is 4.96. The number of carbonyl (C=O) groups is 1. The van der Waals surface area contributed by atoms with Gasteiger partial charge < -0.3 is 4.74 Å². The average Bonchev–Trinajstić information content (AvgIpc) is 2.28. The summed E-state index contributed by atoms with van der Waals surface area (Å²) in [6.07, 6.45) is 0. The molecule has 0 saturated heterocycles. The lowest BCUT2D eigenvalue weighted by atomic mass is 10.00. The van der Waals surface area contributed by atoms with Crippen LogP contribution in [0.1, 0.15) is 34.0 Å². The third-order valence-electron chi connectivity index (χ3n) is 2.14. The molecule has 16 heavy (non-hydrogen) atoms. The molecule has 0 aliphatic carbocycles. The molecule has 84 valence electrons. The standard InChI is InChI=1S/C12H12BrNO2/c1-3-16-12(15)10-5-8(2)4-9(7-14)11(10)6-13/h4-5H,3,6H2,1-2H3. The smallest absolute Gasteiger partial charge is 0.338 e. The van der Waals surface area contributed by atoms with Gasteiger partial charge in [-0.25, -0.2) is 4.79 Å². The average molecular weight is 282 g/mol. The number of esters is 1. The highest BCUT2D eigenvalue weighted by Gasteiger charge is 2.15. The molecule has 0 amide bonds. The van der Waals surface area contributed by atoms with Gasteiger partial charge in [0, 0.05) is 5.33 Å². The summed E-state index contributed by atoms with van der Waals surface area (Å²) in [6, 6.07) is 5.60. The minimum Gasteiger partial charge on any atom is -0.462 e. The van der Waals surface area contributed by atoms with Crippen LogP contribution in [0.15, 0.2) is 12.1 Å². The van der Waals surface area contributed by atoms with Crippen LogP contribution in [0.3, 0.4) is 0 Å². The van der Waals surface area contributed by atoms with E-state index in [9.17, 15) is 4.79 Å². The number of nitriles is 1. The molecular weight excluding hydrogens is 270 g/mol. The largest absolute Gasteiger partial charge is 0.462 e. The van der Waals surface area contributed by atoms with E-state index in [1.807, 2.05) is 6.92 Å². The van der Waals surface area contributed by atoms with Gasteiger partial charge in [-0.2, -0.15) is 5.26 Å². The first-order chi connectivity index (χ1) is 7.63. The number of aryl methyl sites for hydroxylation is 1. The SMILES string of the molecule is CCOC(=O)c1cc(C)cc(C#N)c1CBr. The van der Waals surface area contributed by atoms with E-state index in [0.29, 0.717) is 28.6 Å². The lowest BCUT2D eigenvalue weighted by Crippen LogP contribution is -2.09. The fraction of sp³-hybridized carbons (Fsp3) is 0.333. The van der Waals surface area contributed by atoms with Gasteiger partial charge in [0.2, 0.25) is 0 Å². The van der Waals surface area contributed by atoms with Crippen LogP contribution in [-0.4, -0.2) is 12.6 Å². The molecule has 0 unspecified atom stereocenters. The number of benzene rings is 1. The van der Waals surface area contributed by atoms with Gasteiger partial charge in [0.05, 0.1) is 23.8 Å². The highest BCUT2D eigenvalue weighted by Crippen LogP contribution is 2.20. The molecule has 0 bridgehead atoms. The van der Waals surface area contributed by atoms with Crippen LogP contribution in [0.5, 0.6) is 0 Å². The normalized spacial score (nSPS) is 9.62. The second kappa shape index (κ2) is 5.66. The first-order valence-electron chi connectivity index (χ1n) is 4.90. The van der Waals surface area contributed by atoms with Gasteiger partial charge >= 0.3 is 5.97 Å². The van der Waals surface area contributed by atoms with E-state index < -0.39 is 0 Å². The molecule has 1 aromatic carbocycles. The van der Waals surface area contributed by atoms with Crippen molar-refractivity contribution in [2.24, 2.45) is 0 Å². The number of rotatable bonds is 3. The Bertz CT molecular complexity index is 449. The van der Waals surface area contributed by atoms with E-state index >= 15 is 0 Å². The van der Waals surface area contributed by atoms with Gasteiger partial charge in [0.25, 0.3) is 0 Å². The maximum Gasteiger partial charge on any atom is 0.338 e. The molecule has 0 aliphatic rings. The minimum atomic E-state index is -0.378.